The summed E-state index contributed by atoms with van der Waals surface area (Å²) < 4.78 is 24.2. The van der Waals surface area contributed by atoms with E-state index in [2.05, 4.69) is 28.1 Å². The number of quaternary nitrogens is 1. The fourth-order valence-corrected chi connectivity index (χ4v) is 5.05. The summed E-state index contributed by atoms with van der Waals surface area (Å²) in [6.07, 6.45) is 18.3. The van der Waals surface area contributed by atoms with E-state index >= 15 is 0 Å². The van der Waals surface area contributed by atoms with Crippen molar-refractivity contribution < 1.29 is 27.9 Å². The topological polar surface area (TPSA) is 57.2 Å². The van der Waals surface area contributed by atoms with Gasteiger partial charge in [-0.05, 0) is 18.9 Å². The van der Waals surface area contributed by atoms with Gasteiger partial charge in [-0.25, -0.2) is 0 Å². The highest BCUT2D eigenvalue weighted by Gasteiger charge is 2.24. The molecule has 1 aromatic rings. The first-order valence-corrected chi connectivity index (χ1v) is 16.8. The number of benzene rings is 1. The number of unbranched alkanes of at least 4 members (excludes halogenated alkanes) is 13. The molecule has 0 fully saturated rings. The summed E-state index contributed by atoms with van der Waals surface area (Å²) in [6.45, 7) is 7.09. The van der Waals surface area contributed by atoms with Gasteiger partial charge in [0.25, 0.3) is 0 Å². The Balaban J connectivity index is 2.20. The van der Waals surface area contributed by atoms with E-state index in [1.54, 1.807) is 0 Å². The van der Waals surface area contributed by atoms with E-state index < -0.39 is 8.60 Å². The third kappa shape index (κ3) is 22.7. The Labute approximate surface area is 242 Å². The summed E-state index contributed by atoms with van der Waals surface area (Å²) in [4.78, 5) is 10.3. The molecule has 0 aromatic heterocycles. The van der Waals surface area contributed by atoms with Crippen molar-refractivity contribution in [2.45, 2.75) is 123 Å². The first-order valence-electron chi connectivity index (χ1n) is 15.6. The molecule has 228 valence electrons. The standard InChI is InChI=1S/C32H61NO5P/c1-6-7-8-9-10-11-12-13-14-15-16-17-18-22-26-35-29-32(36-28-31-23-20-19-21-24-31)30(2)38-39(34)37-27-25-33(3,4)5/h19-21,23-24,30,32,34H,6-18,22,25-29H2,1-5H3/q+1. The van der Waals surface area contributed by atoms with Crippen molar-refractivity contribution in [2.24, 2.45) is 0 Å². The van der Waals surface area contributed by atoms with Crippen molar-refractivity contribution in [1.82, 2.24) is 0 Å². The summed E-state index contributed by atoms with van der Waals surface area (Å²) in [6, 6.07) is 10.1. The fourth-order valence-electron chi connectivity index (χ4n) is 4.33. The minimum absolute atomic E-state index is 0.281. The van der Waals surface area contributed by atoms with Gasteiger partial charge in [-0.15, -0.1) is 0 Å². The van der Waals surface area contributed by atoms with Gasteiger partial charge in [-0.2, -0.15) is 0 Å². The van der Waals surface area contributed by atoms with Crippen molar-refractivity contribution in [3.8, 4) is 0 Å². The Bertz CT molecular complexity index is 658. The summed E-state index contributed by atoms with van der Waals surface area (Å²) in [5.74, 6) is 0. The molecule has 0 spiro atoms. The van der Waals surface area contributed by atoms with Crippen LogP contribution in [0.1, 0.15) is 109 Å². The van der Waals surface area contributed by atoms with Gasteiger partial charge in [0.15, 0.2) is 0 Å². The molecule has 0 saturated heterocycles. The molecule has 0 aliphatic carbocycles. The number of likely N-dealkylation sites (N-methyl/N-ethyl adjacent to an activating group) is 1. The summed E-state index contributed by atoms with van der Waals surface area (Å²) in [7, 11) is 4.32. The van der Waals surface area contributed by atoms with E-state index in [1.165, 1.54) is 83.5 Å². The molecule has 1 rings (SSSR count). The number of ether oxygens (including phenoxy) is 2. The maximum atomic E-state index is 10.3. The van der Waals surface area contributed by atoms with Crippen LogP contribution in [-0.4, -0.2) is 69.1 Å². The number of rotatable bonds is 27. The van der Waals surface area contributed by atoms with E-state index in [1.807, 2.05) is 37.3 Å². The van der Waals surface area contributed by atoms with Crippen LogP contribution in [0.4, 0.5) is 0 Å². The van der Waals surface area contributed by atoms with Gasteiger partial charge in [0, 0.05) is 6.61 Å². The number of nitrogens with zero attached hydrogens (tertiary/aromatic N) is 1. The highest BCUT2D eigenvalue weighted by atomic mass is 31.2. The lowest BCUT2D eigenvalue weighted by Gasteiger charge is -2.27. The highest BCUT2D eigenvalue weighted by molar-refractivity contribution is 7.40. The molecule has 0 amide bonds. The third-order valence-electron chi connectivity index (χ3n) is 6.98. The number of hydrogen-bond donors (Lipinski definition) is 1. The molecule has 3 unspecified atom stereocenters. The van der Waals surface area contributed by atoms with Crippen LogP contribution in [0.25, 0.3) is 0 Å². The van der Waals surface area contributed by atoms with E-state index in [0.717, 1.165) is 29.6 Å². The van der Waals surface area contributed by atoms with Crippen molar-refractivity contribution in [3.05, 3.63) is 35.9 Å². The molecule has 6 nitrogen and oxygen atoms in total. The van der Waals surface area contributed by atoms with Gasteiger partial charge in [-0.3, -0.25) is 0 Å². The molecule has 0 saturated carbocycles. The lowest BCUT2D eigenvalue weighted by atomic mass is 10.0. The third-order valence-corrected chi connectivity index (χ3v) is 7.89. The van der Waals surface area contributed by atoms with Crippen LogP contribution in [0.2, 0.25) is 0 Å². The average molecular weight is 571 g/mol. The predicted octanol–water partition coefficient (Wildman–Crippen LogP) is 8.42. The first kappa shape index (κ1) is 36.4. The fraction of sp³-hybridized carbons (Fsp3) is 0.812. The second kappa shape index (κ2) is 24.1. The SMILES string of the molecule is CCCCCCCCCCCCCCCCOCC(OCc1ccccc1)C(C)OP(O)OCC[N+](C)(C)C. The largest absolute Gasteiger partial charge is 0.379 e. The first-order chi connectivity index (χ1) is 18.8. The van der Waals surface area contributed by atoms with Crippen LogP contribution in [0.15, 0.2) is 30.3 Å². The van der Waals surface area contributed by atoms with Crippen molar-refractivity contribution >= 4 is 8.60 Å². The van der Waals surface area contributed by atoms with Crippen LogP contribution in [0.5, 0.6) is 0 Å². The molecule has 1 N–H and O–H groups in total. The molecule has 3 atom stereocenters. The van der Waals surface area contributed by atoms with Crippen molar-refractivity contribution in [3.63, 3.8) is 0 Å². The lowest BCUT2D eigenvalue weighted by molar-refractivity contribution is -0.870. The molecule has 0 aliphatic rings. The van der Waals surface area contributed by atoms with Gasteiger partial charge in [0.2, 0.25) is 0 Å². The van der Waals surface area contributed by atoms with Gasteiger partial charge in [0.05, 0.1) is 40.5 Å². The lowest BCUT2D eigenvalue weighted by Crippen LogP contribution is -2.37. The van der Waals surface area contributed by atoms with Crippen molar-refractivity contribution in [1.29, 1.82) is 0 Å². The Kier molecular flexibility index (Phi) is 22.5. The van der Waals surface area contributed by atoms with Crippen LogP contribution in [-0.2, 0) is 25.1 Å². The quantitative estimate of drug-likeness (QED) is 0.0654. The summed E-state index contributed by atoms with van der Waals surface area (Å²) in [5.41, 5.74) is 1.10. The van der Waals surface area contributed by atoms with E-state index in [4.69, 9.17) is 18.5 Å². The Hall–Kier alpha value is -0.590. The second-order valence-corrected chi connectivity index (χ2v) is 12.8. The van der Waals surface area contributed by atoms with Crippen LogP contribution >= 0.6 is 8.60 Å². The molecule has 7 heteroatoms. The Morgan fingerprint density at radius 2 is 1.31 bits per heavy atom. The molecule has 39 heavy (non-hydrogen) atoms. The molecule has 0 radical (unpaired) electrons. The maximum absolute atomic E-state index is 10.3. The summed E-state index contributed by atoms with van der Waals surface area (Å²) >= 11 is 0. The molecule has 0 aliphatic heterocycles. The number of hydrogen-bond acceptors (Lipinski definition) is 5. The van der Waals surface area contributed by atoms with E-state index in [-0.39, 0.29) is 12.2 Å². The molecule has 1 aromatic carbocycles. The predicted molar refractivity (Wildman–Crippen MR) is 165 cm³/mol. The monoisotopic (exact) mass is 570 g/mol. The minimum Gasteiger partial charge on any atom is -0.379 e. The highest BCUT2D eigenvalue weighted by Crippen LogP contribution is 2.35. The van der Waals surface area contributed by atoms with E-state index in [9.17, 15) is 4.89 Å². The minimum atomic E-state index is -1.96. The van der Waals surface area contributed by atoms with Gasteiger partial charge < -0.3 is 27.9 Å². The molecule has 0 heterocycles. The van der Waals surface area contributed by atoms with Gasteiger partial charge in [0.1, 0.15) is 19.3 Å². The summed E-state index contributed by atoms with van der Waals surface area (Å²) in [5, 5.41) is 0. The van der Waals surface area contributed by atoms with Crippen LogP contribution in [0, 0.1) is 0 Å². The van der Waals surface area contributed by atoms with Gasteiger partial charge >= 0.3 is 8.60 Å². The smallest absolute Gasteiger partial charge is 0.330 e. The molecule has 0 bridgehead atoms. The van der Waals surface area contributed by atoms with Gasteiger partial charge in [-0.1, -0.05) is 121 Å². The zero-order valence-electron chi connectivity index (χ0n) is 26.0. The Morgan fingerprint density at radius 1 is 0.769 bits per heavy atom. The van der Waals surface area contributed by atoms with Crippen LogP contribution < -0.4 is 0 Å². The maximum Gasteiger partial charge on any atom is 0.330 e. The normalized spacial score (nSPS) is 14.4. The van der Waals surface area contributed by atoms with Crippen molar-refractivity contribution in [2.75, 3.05) is 47.5 Å². The second-order valence-electron chi connectivity index (χ2n) is 11.9. The van der Waals surface area contributed by atoms with Crippen LogP contribution in [0.3, 0.4) is 0 Å². The zero-order chi connectivity index (χ0) is 28.6. The molecular weight excluding hydrogens is 509 g/mol. The Morgan fingerprint density at radius 3 is 1.85 bits per heavy atom. The zero-order valence-corrected chi connectivity index (χ0v) is 26.8. The molecular formula is C32H61NO5P+. The average Bonchev–Trinajstić information content (AvgIpc) is 2.89. The van der Waals surface area contributed by atoms with E-state index in [0.29, 0.717) is 19.8 Å².